The van der Waals surface area contributed by atoms with Gasteiger partial charge in [0.2, 0.25) is 5.91 Å². The third kappa shape index (κ3) is 1.30. The molecule has 2 nitrogen and oxygen atoms in total. The van der Waals surface area contributed by atoms with Crippen LogP contribution in [0.25, 0.3) is 0 Å². The lowest BCUT2D eigenvalue weighted by Crippen LogP contribution is -2.44. The molecule has 3 aliphatic rings. The minimum Gasteiger partial charge on any atom is -0.353 e. The number of rotatable bonds is 0. The van der Waals surface area contributed by atoms with E-state index < -0.39 is 0 Å². The molecule has 1 N–H and O–H groups in total. The largest absolute Gasteiger partial charge is 0.353 e. The molecule has 11 heavy (non-hydrogen) atoms. The Hall–Kier alpha value is -0.790. The van der Waals surface area contributed by atoms with E-state index in [0.29, 0.717) is 6.04 Å². The van der Waals surface area contributed by atoms with E-state index >= 15 is 0 Å². The molecule has 2 heteroatoms. The molecule has 2 aliphatic heterocycles. The highest BCUT2D eigenvalue weighted by Gasteiger charge is 2.27. The van der Waals surface area contributed by atoms with Crippen LogP contribution in [0.1, 0.15) is 25.7 Å². The number of nitrogens with one attached hydrogen (secondary N) is 1. The standard InChI is InChI=1S/C9H13NO/c11-9-7-3-1-2-4-8(10-9)6-5-7/h1-2,7-8H,3-6H2,(H,10,11)/b2-1-. The van der Waals surface area contributed by atoms with Crippen molar-refractivity contribution in [1.29, 1.82) is 0 Å². The molecule has 2 unspecified atom stereocenters. The summed E-state index contributed by atoms with van der Waals surface area (Å²) in [6.07, 6.45) is 8.56. The molecule has 2 atom stereocenters. The fraction of sp³-hybridized carbons (Fsp3) is 0.667. The number of hydrogen-bond acceptors (Lipinski definition) is 1. The first-order valence-electron chi connectivity index (χ1n) is 4.31. The van der Waals surface area contributed by atoms with Gasteiger partial charge in [0.1, 0.15) is 0 Å². The normalized spacial score (nSPS) is 39.1. The molecule has 0 radical (unpaired) electrons. The van der Waals surface area contributed by atoms with Crippen LogP contribution in [0.5, 0.6) is 0 Å². The maximum atomic E-state index is 11.3. The lowest BCUT2D eigenvalue weighted by Gasteiger charge is -2.29. The summed E-state index contributed by atoms with van der Waals surface area (Å²) in [7, 11) is 0. The Labute approximate surface area is 66.7 Å². The van der Waals surface area contributed by atoms with Gasteiger partial charge in [-0.25, -0.2) is 0 Å². The summed E-state index contributed by atoms with van der Waals surface area (Å²) < 4.78 is 0. The van der Waals surface area contributed by atoms with Crippen molar-refractivity contribution in [2.24, 2.45) is 5.92 Å². The Balaban J connectivity index is 2.17. The van der Waals surface area contributed by atoms with Gasteiger partial charge in [0, 0.05) is 12.0 Å². The summed E-state index contributed by atoms with van der Waals surface area (Å²) in [6.45, 7) is 0. The smallest absolute Gasteiger partial charge is 0.223 e. The zero-order valence-corrected chi connectivity index (χ0v) is 6.55. The van der Waals surface area contributed by atoms with Gasteiger partial charge < -0.3 is 5.32 Å². The average molecular weight is 151 g/mol. The quantitative estimate of drug-likeness (QED) is 0.518. The monoisotopic (exact) mass is 151 g/mol. The number of fused-ring (bicyclic) bond motifs is 4. The zero-order chi connectivity index (χ0) is 7.68. The third-order valence-corrected chi connectivity index (χ3v) is 2.59. The molecule has 3 rings (SSSR count). The van der Waals surface area contributed by atoms with Crippen LogP contribution in [0.3, 0.4) is 0 Å². The van der Waals surface area contributed by atoms with Crippen LogP contribution in [0, 0.1) is 5.92 Å². The summed E-state index contributed by atoms with van der Waals surface area (Å²) in [5.74, 6) is 0.536. The zero-order valence-electron chi connectivity index (χ0n) is 6.55. The number of carbonyl (C=O) groups is 1. The van der Waals surface area contributed by atoms with Crippen LogP contribution in [0.2, 0.25) is 0 Å². The molecule has 0 spiro atoms. The molecule has 1 amide bonds. The van der Waals surface area contributed by atoms with E-state index in [4.69, 9.17) is 0 Å². The van der Waals surface area contributed by atoms with Gasteiger partial charge >= 0.3 is 0 Å². The Morgan fingerprint density at radius 3 is 2.91 bits per heavy atom. The molecule has 1 saturated heterocycles. The molecular formula is C9H13NO. The molecular weight excluding hydrogens is 138 g/mol. The molecule has 0 aromatic heterocycles. The minimum atomic E-state index is 0.266. The number of hydrogen-bond donors (Lipinski definition) is 1. The Bertz CT molecular complexity index is 198. The van der Waals surface area contributed by atoms with Gasteiger partial charge in [-0.3, -0.25) is 4.79 Å². The second kappa shape index (κ2) is 2.68. The summed E-state index contributed by atoms with van der Waals surface area (Å²) in [6, 6.07) is 0.426. The van der Waals surface area contributed by atoms with Gasteiger partial charge in [-0.05, 0) is 25.7 Å². The maximum Gasteiger partial charge on any atom is 0.223 e. The Kier molecular flexibility index (Phi) is 1.68. The lowest BCUT2D eigenvalue weighted by atomic mass is 9.87. The molecule has 0 aromatic carbocycles. The predicted octanol–water partition coefficient (Wildman–Crippen LogP) is 1.23. The van der Waals surface area contributed by atoms with Crippen LogP contribution in [0.15, 0.2) is 12.2 Å². The highest BCUT2D eigenvalue weighted by molar-refractivity contribution is 5.80. The second-order valence-electron chi connectivity index (χ2n) is 3.42. The van der Waals surface area contributed by atoms with Crippen LogP contribution < -0.4 is 5.32 Å². The molecule has 2 bridgehead atoms. The molecule has 0 saturated carbocycles. The molecule has 0 aromatic rings. The third-order valence-electron chi connectivity index (χ3n) is 2.59. The van der Waals surface area contributed by atoms with E-state index in [1.54, 1.807) is 0 Å². The lowest BCUT2D eigenvalue weighted by molar-refractivity contribution is -0.127. The number of allylic oxidation sites excluding steroid dienone is 1. The summed E-state index contributed by atoms with van der Waals surface area (Å²) in [5.41, 5.74) is 0. The summed E-state index contributed by atoms with van der Waals surface area (Å²) in [5, 5.41) is 3.03. The van der Waals surface area contributed by atoms with Crippen molar-refractivity contribution in [1.82, 2.24) is 5.32 Å². The van der Waals surface area contributed by atoms with Gasteiger partial charge in [-0.2, -0.15) is 0 Å². The number of amides is 1. The van der Waals surface area contributed by atoms with Crippen molar-refractivity contribution >= 4 is 5.91 Å². The van der Waals surface area contributed by atoms with E-state index in [-0.39, 0.29) is 11.8 Å². The van der Waals surface area contributed by atoms with E-state index in [1.807, 2.05) is 0 Å². The van der Waals surface area contributed by atoms with Crippen molar-refractivity contribution in [3.63, 3.8) is 0 Å². The first kappa shape index (κ1) is 6.89. The number of carbonyl (C=O) groups excluding carboxylic acids is 1. The van der Waals surface area contributed by atoms with Crippen molar-refractivity contribution in [3.05, 3.63) is 12.2 Å². The maximum absolute atomic E-state index is 11.3. The summed E-state index contributed by atoms with van der Waals surface area (Å²) in [4.78, 5) is 11.3. The SMILES string of the molecule is O=C1NC2C/C=C\CC1CC2. The van der Waals surface area contributed by atoms with Gasteiger partial charge in [-0.1, -0.05) is 12.2 Å². The van der Waals surface area contributed by atoms with E-state index in [9.17, 15) is 4.79 Å². The summed E-state index contributed by atoms with van der Waals surface area (Å²) >= 11 is 0. The highest BCUT2D eigenvalue weighted by atomic mass is 16.2. The molecule has 2 heterocycles. The molecule has 60 valence electrons. The van der Waals surface area contributed by atoms with E-state index in [1.165, 1.54) is 6.42 Å². The average Bonchev–Trinajstić information content (AvgIpc) is 1.92. The fourth-order valence-electron chi connectivity index (χ4n) is 1.85. The van der Waals surface area contributed by atoms with Crippen LogP contribution >= 0.6 is 0 Å². The minimum absolute atomic E-state index is 0.266. The van der Waals surface area contributed by atoms with Crippen molar-refractivity contribution in [2.75, 3.05) is 0 Å². The van der Waals surface area contributed by atoms with Crippen LogP contribution in [-0.2, 0) is 4.79 Å². The highest BCUT2D eigenvalue weighted by Crippen LogP contribution is 2.23. The second-order valence-corrected chi connectivity index (χ2v) is 3.42. The predicted molar refractivity (Wildman–Crippen MR) is 43.0 cm³/mol. The fourth-order valence-corrected chi connectivity index (χ4v) is 1.85. The molecule has 1 aliphatic carbocycles. The van der Waals surface area contributed by atoms with E-state index in [0.717, 1.165) is 19.3 Å². The van der Waals surface area contributed by atoms with Gasteiger partial charge in [0.25, 0.3) is 0 Å². The first-order valence-corrected chi connectivity index (χ1v) is 4.31. The number of piperidine rings is 1. The van der Waals surface area contributed by atoms with Crippen LogP contribution in [-0.4, -0.2) is 11.9 Å². The van der Waals surface area contributed by atoms with Gasteiger partial charge in [-0.15, -0.1) is 0 Å². The van der Waals surface area contributed by atoms with Gasteiger partial charge in [0.15, 0.2) is 0 Å². The van der Waals surface area contributed by atoms with Crippen molar-refractivity contribution in [3.8, 4) is 0 Å². The Morgan fingerprint density at radius 1 is 1.27 bits per heavy atom. The van der Waals surface area contributed by atoms with E-state index in [2.05, 4.69) is 17.5 Å². The van der Waals surface area contributed by atoms with Crippen molar-refractivity contribution in [2.45, 2.75) is 31.7 Å². The van der Waals surface area contributed by atoms with Gasteiger partial charge in [0.05, 0.1) is 0 Å². The Morgan fingerprint density at radius 2 is 2.09 bits per heavy atom. The van der Waals surface area contributed by atoms with Crippen molar-refractivity contribution < 1.29 is 4.79 Å². The van der Waals surface area contributed by atoms with Crippen LogP contribution in [0.4, 0.5) is 0 Å². The topological polar surface area (TPSA) is 29.1 Å². The molecule has 1 fully saturated rings. The first-order chi connectivity index (χ1) is 5.36.